The molecule has 132 valence electrons. The van der Waals surface area contributed by atoms with Crippen molar-refractivity contribution < 1.29 is 14.3 Å². The fraction of sp³-hybridized carbons (Fsp3) is 0.579. The number of amides is 2. The van der Waals surface area contributed by atoms with E-state index in [1.54, 1.807) is 4.90 Å². The number of anilines is 1. The molecule has 5 nitrogen and oxygen atoms in total. The first kappa shape index (κ1) is 18.3. The second kappa shape index (κ2) is 7.24. The third-order valence-corrected chi connectivity index (χ3v) is 4.03. The van der Waals surface area contributed by atoms with Crippen molar-refractivity contribution in [1.82, 2.24) is 4.90 Å². The van der Waals surface area contributed by atoms with Crippen LogP contribution in [0, 0.1) is 5.92 Å². The fourth-order valence-electron chi connectivity index (χ4n) is 2.69. The molecule has 1 heterocycles. The molecule has 5 heteroatoms. The highest BCUT2D eigenvalue weighted by Gasteiger charge is 2.33. The van der Waals surface area contributed by atoms with Crippen LogP contribution in [0.25, 0.3) is 0 Å². The summed E-state index contributed by atoms with van der Waals surface area (Å²) in [7, 11) is 0. The topological polar surface area (TPSA) is 58.6 Å². The summed E-state index contributed by atoms with van der Waals surface area (Å²) < 4.78 is 5.37. The van der Waals surface area contributed by atoms with E-state index in [9.17, 15) is 9.59 Å². The number of rotatable bonds is 3. The van der Waals surface area contributed by atoms with E-state index in [2.05, 4.69) is 25.2 Å². The van der Waals surface area contributed by atoms with Crippen LogP contribution in [-0.2, 0) is 9.53 Å². The molecular weight excluding hydrogens is 304 g/mol. The third-order valence-electron chi connectivity index (χ3n) is 4.03. The van der Waals surface area contributed by atoms with Gasteiger partial charge in [-0.15, -0.1) is 0 Å². The number of carbonyl (C=O) groups is 2. The van der Waals surface area contributed by atoms with Gasteiger partial charge in [-0.25, -0.2) is 4.79 Å². The number of nitrogens with zero attached hydrogens (tertiary/aromatic N) is 1. The Labute approximate surface area is 144 Å². The molecule has 2 rings (SSSR count). The fourth-order valence-corrected chi connectivity index (χ4v) is 2.69. The number of hydrogen-bond acceptors (Lipinski definition) is 3. The number of carbonyl (C=O) groups excluding carboxylic acids is 2. The molecule has 24 heavy (non-hydrogen) atoms. The summed E-state index contributed by atoms with van der Waals surface area (Å²) in [5.41, 5.74) is 1.48. The molecule has 1 aliphatic rings. The Morgan fingerprint density at radius 3 is 2.62 bits per heavy atom. The van der Waals surface area contributed by atoms with E-state index in [1.807, 2.05) is 39.0 Å². The molecule has 1 unspecified atom stereocenters. The van der Waals surface area contributed by atoms with E-state index in [4.69, 9.17) is 4.74 Å². The van der Waals surface area contributed by atoms with Crippen LogP contribution >= 0.6 is 0 Å². The maximum atomic E-state index is 12.5. The summed E-state index contributed by atoms with van der Waals surface area (Å²) >= 11 is 0. The van der Waals surface area contributed by atoms with E-state index in [0.29, 0.717) is 25.4 Å². The van der Waals surface area contributed by atoms with E-state index in [0.717, 1.165) is 5.69 Å². The van der Waals surface area contributed by atoms with Gasteiger partial charge >= 0.3 is 6.09 Å². The van der Waals surface area contributed by atoms with Crippen molar-refractivity contribution in [3.05, 3.63) is 29.8 Å². The van der Waals surface area contributed by atoms with Gasteiger partial charge < -0.3 is 15.0 Å². The molecule has 0 saturated carbocycles. The van der Waals surface area contributed by atoms with Gasteiger partial charge in [0.05, 0.1) is 5.92 Å². The van der Waals surface area contributed by atoms with E-state index in [1.165, 1.54) is 5.56 Å². The zero-order valence-corrected chi connectivity index (χ0v) is 15.3. The van der Waals surface area contributed by atoms with Crippen molar-refractivity contribution in [3.63, 3.8) is 0 Å². The second-order valence-electron chi connectivity index (χ2n) is 7.68. The highest BCUT2D eigenvalue weighted by atomic mass is 16.6. The van der Waals surface area contributed by atoms with Crippen molar-refractivity contribution in [2.24, 2.45) is 5.92 Å². The number of hydrogen-bond donors (Lipinski definition) is 1. The number of nitrogens with one attached hydrogen (secondary N) is 1. The summed E-state index contributed by atoms with van der Waals surface area (Å²) in [6.07, 6.45) is 0.314. The van der Waals surface area contributed by atoms with Crippen molar-refractivity contribution in [2.75, 3.05) is 18.4 Å². The SMILES string of the molecule is CC(C)c1cccc(NC(=O)C2CCN(C(=O)OC(C)(C)C)C2)c1. The molecule has 1 aromatic rings. The van der Waals surface area contributed by atoms with Crippen LogP contribution < -0.4 is 5.32 Å². The first-order valence-electron chi connectivity index (χ1n) is 8.54. The van der Waals surface area contributed by atoms with Gasteiger partial charge in [0.1, 0.15) is 5.60 Å². The monoisotopic (exact) mass is 332 g/mol. The first-order valence-corrected chi connectivity index (χ1v) is 8.54. The largest absolute Gasteiger partial charge is 0.444 e. The number of benzene rings is 1. The average molecular weight is 332 g/mol. The van der Waals surface area contributed by atoms with E-state index < -0.39 is 5.60 Å². The number of likely N-dealkylation sites (tertiary alicyclic amines) is 1. The van der Waals surface area contributed by atoms with Gasteiger partial charge in [0.15, 0.2) is 0 Å². The van der Waals surface area contributed by atoms with Crippen LogP contribution in [0.5, 0.6) is 0 Å². The Balaban J connectivity index is 1.93. The number of ether oxygens (including phenoxy) is 1. The van der Waals surface area contributed by atoms with Crippen LogP contribution in [0.2, 0.25) is 0 Å². The summed E-state index contributed by atoms with van der Waals surface area (Å²) in [4.78, 5) is 26.1. The molecule has 1 atom stereocenters. The molecule has 1 fully saturated rings. The molecule has 0 aromatic heterocycles. The minimum absolute atomic E-state index is 0.0398. The van der Waals surface area contributed by atoms with E-state index in [-0.39, 0.29) is 17.9 Å². The molecule has 2 amide bonds. The van der Waals surface area contributed by atoms with Crippen molar-refractivity contribution in [2.45, 2.75) is 52.6 Å². The van der Waals surface area contributed by atoms with Gasteiger partial charge in [-0.3, -0.25) is 4.79 Å². The Morgan fingerprint density at radius 1 is 1.29 bits per heavy atom. The highest BCUT2D eigenvalue weighted by Crippen LogP contribution is 2.23. The van der Waals surface area contributed by atoms with Crippen LogP contribution in [0.3, 0.4) is 0 Å². The Morgan fingerprint density at radius 2 is 2.00 bits per heavy atom. The standard InChI is InChI=1S/C19H28N2O3/c1-13(2)14-7-6-8-16(11-14)20-17(22)15-9-10-21(12-15)18(23)24-19(3,4)5/h6-8,11,13,15H,9-10,12H2,1-5H3,(H,20,22). The average Bonchev–Trinajstić information content (AvgIpc) is 2.95. The molecular formula is C19H28N2O3. The van der Waals surface area contributed by atoms with Crippen LogP contribution in [0.15, 0.2) is 24.3 Å². The molecule has 1 aromatic carbocycles. The molecule has 1 saturated heterocycles. The maximum absolute atomic E-state index is 12.5. The molecule has 1 aliphatic heterocycles. The molecule has 0 aliphatic carbocycles. The lowest BCUT2D eigenvalue weighted by Gasteiger charge is -2.24. The third kappa shape index (κ3) is 4.98. The van der Waals surface area contributed by atoms with Gasteiger partial charge in [-0.1, -0.05) is 26.0 Å². The van der Waals surface area contributed by atoms with Crippen molar-refractivity contribution in [3.8, 4) is 0 Å². The Bertz CT molecular complexity index is 605. The molecule has 0 radical (unpaired) electrons. The zero-order chi connectivity index (χ0) is 17.9. The van der Waals surface area contributed by atoms with Crippen molar-refractivity contribution in [1.29, 1.82) is 0 Å². The first-order chi connectivity index (χ1) is 11.2. The highest BCUT2D eigenvalue weighted by molar-refractivity contribution is 5.93. The smallest absolute Gasteiger partial charge is 0.410 e. The Kier molecular flexibility index (Phi) is 5.52. The predicted octanol–water partition coefficient (Wildman–Crippen LogP) is 4.01. The quantitative estimate of drug-likeness (QED) is 0.910. The van der Waals surface area contributed by atoms with Crippen molar-refractivity contribution >= 4 is 17.7 Å². The van der Waals surface area contributed by atoms with Crippen LogP contribution in [-0.4, -0.2) is 35.6 Å². The van der Waals surface area contributed by atoms with Gasteiger partial charge in [0.25, 0.3) is 0 Å². The lowest BCUT2D eigenvalue weighted by atomic mass is 10.0. The minimum Gasteiger partial charge on any atom is -0.444 e. The second-order valence-corrected chi connectivity index (χ2v) is 7.68. The Hall–Kier alpha value is -2.04. The summed E-state index contributed by atoms with van der Waals surface area (Å²) in [6.45, 7) is 10.7. The normalized spacial score (nSPS) is 17.9. The summed E-state index contributed by atoms with van der Waals surface area (Å²) in [6, 6.07) is 7.90. The summed E-state index contributed by atoms with van der Waals surface area (Å²) in [5.74, 6) is 0.179. The predicted molar refractivity (Wildman–Crippen MR) is 95.1 cm³/mol. The summed E-state index contributed by atoms with van der Waals surface area (Å²) in [5, 5.41) is 2.97. The minimum atomic E-state index is -0.519. The van der Waals surface area contributed by atoms with Gasteiger partial charge in [0.2, 0.25) is 5.91 Å². The molecule has 0 spiro atoms. The van der Waals surface area contributed by atoms with Crippen LogP contribution in [0.4, 0.5) is 10.5 Å². The van der Waals surface area contributed by atoms with E-state index >= 15 is 0 Å². The zero-order valence-electron chi connectivity index (χ0n) is 15.3. The molecule has 0 bridgehead atoms. The van der Waals surface area contributed by atoms with Gasteiger partial charge in [0, 0.05) is 18.8 Å². The van der Waals surface area contributed by atoms with Gasteiger partial charge in [-0.05, 0) is 50.8 Å². The molecule has 1 N–H and O–H groups in total. The van der Waals surface area contributed by atoms with Gasteiger partial charge in [-0.2, -0.15) is 0 Å². The lowest BCUT2D eigenvalue weighted by Crippen LogP contribution is -2.36. The lowest BCUT2D eigenvalue weighted by molar-refractivity contribution is -0.119. The van der Waals surface area contributed by atoms with Crippen LogP contribution in [0.1, 0.15) is 52.5 Å². The maximum Gasteiger partial charge on any atom is 0.410 e.